The summed E-state index contributed by atoms with van der Waals surface area (Å²) in [5.74, 6) is 0.526. The van der Waals surface area contributed by atoms with Crippen molar-refractivity contribution >= 4 is 17.0 Å². The van der Waals surface area contributed by atoms with Crippen LogP contribution >= 0.6 is 0 Å². The van der Waals surface area contributed by atoms with Crippen LogP contribution in [0.2, 0.25) is 0 Å². The molecule has 1 aromatic heterocycles. The van der Waals surface area contributed by atoms with E-state index in [4.69, 9.17) is 4.42 Å². The molecule has 2 heterocycles. The number of carbonyl (C=O) groups is 1. The van der Waals surface area contributed by atoms with Crippen molar-refractivity contribution in [1.29, 1.82) is 0 Å². The van der Waals surface area contributed by atoms with E-state index in [1.54, 1.807) is 19.1 Å². The molecular formula is C20H21N3O2. The molecule has 1 aliphatic rings. The fourth-order valence-electron chi connectivity index (χ4n) is 3.44. The molecule has 1 aliphatic heterocycles. The Balaban J connectivity index is 1.44. The molecule has 0 radical (unpaired) electrons. The maximum Gasteiger partial charge on any atom is 0.251 e. The number of benzene rings is 2. The Hall–Kier alpha value is -2.66. The van der Waals surface area contributed by atoms with Gasteiger partial charge in [0.25, 0.3) is 5.91 Å². The molecule has 128 valence electrons. The maximum absolute atomic E-state index is 12.5. The first kappa shape index (κ1) is 15.8. The highest BCUT2D eigenvalue weighted by molar-refractivity contribution is 5.97. The summed E-state index contributed by atoms with van der Waals surface area (Å²) in [7, 11) is 2.11. The lowest BCUT2D eigenvalue weighted by Gasteiger charge is -2.34. The van der Waals surface area contributed by atoms with Gasteiger partial charge in [0.2, 0.25) is 0 Å². The van der Waals surface area contributed by atoms with Crippen molar-refractivity contribution in [3.05, 3.63) is 65.0 Å². The first-order valence-corrected chi connectivity index (χ1v) is 8.52. The van der Waals surface area contributed by atoms with E-state index in [1.807, 2.05) is 6.07 Å². The Labute approximate surface area is 146 Å². The van der Waals surface area contributed by atoms with Gasteiger partial charge in [-0.2, -0.15) is 0 Å². The number of amides is 1. The molecule has 0 saturated heterocycles. The Morgan fingerprint density at radius 1 is 1.28 bits per heavy atom. The average Bonchev–Trinajstić information content (AvgIpc) is 2.98. The number of hydrogen-bond donors (Lipinski definition) is 1. The van der Waals surface area contributed by atoms with Gasteiger partial charge in [-0.05, 0) is 42.8 Å². The number of nitrogens with zero attached hydrogens (tertiary/aromatic N) is 2. The van der Waals surface area contributed by atoms with Crippen LogP contribution in [0, 0.1) is 6.92 Å². The number of nitrogens with one attached hydrogen (secondary N) is 1. The quantitative estimate of drug-likeness (QED) is 0.799. The van der Waals surface area contributed by atoms with E-state index in [0.717, 1.165) is 18.5 Å². The van der Waals surface area contributed by atoms with Crippen molar-refractivity contribution in [2.45, 2.75) is 25.9 Å². The topological polar surface area (TPSA) is 58.4 Å². The van der Waals surface area contributed by atoms with Crippen LogP contribution in [0.25, 0.3) is 11.1 Å². The monoisotopic (exact) mass is 335 g/mol. The van der Waals surface area contributed by atoms with Crippen LogP contribution in [0.15, 0.2) is 46.9 Å². The molecule has 0 aliphatic carbocycles. The van der Waals surface area contributed by atoms with Gasteiger partial charge in [-0.3, -0.25) is 9.69 Å². The summed E-state index contributed by atoms with van der Waals surface area (Å²) in [5.41, 5.74) is 4.77. The Morgan fingerprint density at radius 3 is 2.92 bits per heavy atom. The molecule has 1 unspecified atom stereocenters. The number of aryl methyl sites for hydroxylation is 1. The second kappa shape index (κ2) is 6.33. The SMILES string of the molecule is Cc1nc2ccc(C(=O)NCC3Cc4ccccc4CN3C)cc2o1. The predicted molar refractivity (Wildman–Crippen MR) is 96.5 cm³/mol. The minimum absolute atomic E-state index is 0.0804. The molecule has 1 atom stereocenters. The van der Waals surface area contributed by atoms with Gasteiger partial charge in [0.1, 0.15) is 5.52 Å². The van der Waals surface area contributed by atoms with Gasteiger partial charge in [0, 0.05) is 31.6 Å². The normalized spacial score (nSPS) is 17.4. The third-order valence-electron chi connectivity index (χ3n) is 4.87. The lowest BCUT2D eigenvalue weighted by Crippen LogP contribution is -2.45. The van der Waals surface area contributed by atoms with E-state index in [1.165, 1.54) is 11.1 Å². The van der Waals surface area contributed by atoms with E-state index >= 15 is 0 Å². The largest absolute Gasteiger partial charge is 0.441 e. The van der Waals surface area contributed by atoms with E-state index in [2.05, 4.69) is 46.5 Å². The molecular weight excluding hydrogens is 314 g/mol. The van der Waals surface area contributed by atoms with Gasteiger partial charge in [-0.15, -0.1) is 0 Å². The zero-order valence-corrected chi connectivity index (χ0v) is 14.5. The second-order valence-electron chi connectivity index (χ2n) is 6.67. The Kier molecular flexibility index (Phi) is 4.01. The zero-order valence-electron chi connectivity index (χ0n) is 14.5. The van der Waals surface area contributed by atoms with Crippen molar-refractivity contribution in [1.82, 2.24) is 15.2 Å². The summed E-state index contributed by atoms with van der Waals surface area (Å²) in [6, 6.07) is 14.2. The van der Waals surface area contributed by atoms with Gasteiger partial charge < -0.3 is 9.73 Å². The van der Waals surface area contributed by atoms with Crippen LogP contribution < -0.4 is 5.32 Å². The van der Waals surface area contributed by atoms with Crippen LogP contribution in [0.3, 0.4) is 0 Å². The fraction of sp³-hybridized carbons (Fsp3) is 0.300. The molecule has 2 aromatic carbocycles. The van der Waals surface area contributed by atoms with E-state index in [-0.39, 0.29) is 5.91 Å². The van der Waals surface area contributed by atoms with Gasteiger partial charge in [-0.1, -0.05) is 24.3 Å². The lowest BCUT2D eigenvalue weighted by molar-refractivity contribution is 0.0934. The predicted octanol–water partition coefficient (Wildman–Crippen LogP) is 2.92. The summed E-state index contributed by atoms with van der Waals surface area (Å²) in [6.07, 6.45) is 0.952. The fourth-order valence-corrected chi connectivity index (χ4v) is 3.44. The van der Waals surface area contributed by atoms with Crippen molar-refractivity contribution in [2.24, 2.45) is 0 Å². The molecule has 1 amide bonds. The van der Waals surface area contributed by atoms with Crippen molar-refractivity contribution in [2.75, 3.05) is 13.6 Å². The Morgan fingerprint density at radius 2 is 2.08 bits per heavy atom. The smallest absolute Gasteiger partial charge is 0.251 e. The molecule has 5 nitrogen and oxygen atoms in total. The van der Waals surface area contributed by atoms with Crippen LogP contribution in [0.5, 0.6) is 0 Å². The summed E-state index contributed by atoms with van der Waals surface area (Å²) in [6.45, 7) is 3.34. The molecule has 25 heavy (non-hydrogen) atoms. The third kappa shape index (κ3) is 3.15. The summed E-state index contributed by atoms with van der Waals surface area (Å²) in [5, 5.41) is 3.06. The molecule has 0 fully saturated rings. The highest BCUT2D eigenvalue weighted by Crippen LogP contribution is 2.22. The minimum atomic E-state index is -0.0804. The van der Waals surface area contributed by atoms with Gasteiger partial charge >= 0.3 is 0 Å². The van der Waals surface area contributed by atoms with Gasteiger partial charge in [0.15, 0.2) is 11.5 Å². The van der Waals surface area contributed by atoms with Crippen molar-refractivity contribution in [3.8, 4) is 0 Å². The van der Waals surface area contributed by atoms with Crippen LogP contribution in [-0.2, 0) is 13.0 Å². The Bertz CT molecular complexity index is 932. The van der Waals surface area contributed by atoms with E-state index in [0.29, 0.717) is 29.6 Å². The van der Waals surface area contributed by atoms with Crippen LogP contribution in [-0.4, -0.2) is 35.4 Å². The third-order valence-corrected chi connectivity index (χ3v) is 4.87. The van der Waals surface area contributed by atoms with Crippen molar-refractivity contribution in [3.63, 3.8) is 0 Å². The summed E-state index contributed by atoms with van der Waals surface area (Å²) in [4.78, 5) is 19.1. The number of hydrogen-bond acceptors (Lipinski definition) is 4. The minimum Gasteiger partial charge on any atom is -0.441 e. The second-order valence-corrected chi connectivity index (χ2v) is 6.67. The number of carbonyl (C=O) groups excluding carboxylic acids is 1. The first-order chi connectivity index (χ1) is 12.1. The highest BCUT2D eigenvalue weighted by Gasteiger charge is 2.23. The molecule has 0 bridgehead atoms. The molecule has 4 rings (SSSR count). The molecule has 5 heteroatoms. The number of rotatable bonds is 3. The summed E-state index contributed by atoms with van der Waals surface area (Å²) >= 11 is 0. The van der Waals surface area contributed by atoms with Crippen molar-refractivity contribution < 1.29 is 9.21 Å². The molecule has 1 N–H and O–H groups in total. The number of aromatic nitrogens is 1. The van der Waals surface area contributed by atoms with Gasteiger partial charge in [-0.25, -0.2) is 4.98 Å². The highest BCUT2D eigenvalue weighted by atomic mass is 16.3. The maximum atomic E-state index is 12.5. The summed E-state index contributed by atoms with van der Waals surface area (Å²) < 4.78 is 5.51. The van der Waals surface area contributed by atoms with Gasteiger partial charge in [0.05, 0.1) is 0 Å². The number of likely N-dealkylation sites (N-methyl/N-ethyl adjacent to an activating group) is 1. The molecule has 0 spiro atoms. The average molecular weight is 335 g/mol. The van der Waals surface area contributed by atoms with Crippen LogP contribution in [0.1, 0.15) is 27.4 Å². The van der Waals surface area contributed by atoms with E-state index < -0.39 is 0 Å². The zero-order chi connectivity index (χ0) is 17.4. The van der Waals surface area contributed by atoms with Crippen LogP contribution in [0.4, 0.5) is 0 Å². The molecule has 0 saturated carbocycles. The first-order valence-electron chi connectivity index (χ1n) is 8.52. The standard InChI is InChI=1S/C20H21N3O2/c1-13-22-18-8-7-15(10-19(18)25-13)20(24)21-11-17-9-14-5-3-4-6-16(14)12-23(17)2/h3-8,10,17H,9,11-12H2,1-2H3,(H,21,24). The molecule has 3 aromatic rings. The number of fused-ring (bicyclic) bond motifs is 2. The number of oxazole rings is 1. The van der Waals surface area contributed by atoms with E-state index in [9.17, 15) is 4.79 Å². The lowest BCUT2D eigenvalue weighted by atomic mass is 9.94.